The summed E-state index contributed by atoms with van der Waals surface area (Å²) in [6.07, 6.45) is 0.609. The van der Waals surface area contributed by atoms with Crippen molar-refractivity contribution in [2.75, 3.05) is 11.9 Å². The number of benzene rings is 1. The Balaban J connectivity index is 1.99. The molecule has 96 valence electrons. The minimum Gasteiger partial charge on any atom is -0.408 e. The van der Waals surface area contributed by atoms with Crippen LogP contribution in [0.5, 0.6) is 0 Å². The molecular weight excluding hydrogens is 228 g/mol. The highest BCUT2D eigenvalue weighted by atomic mass is 16.4. The van der Waals surface area contributed by atoms with E-state index in [-0.39, 0.29) is 0 Å². The van der Waals surface area contributed by atoms with Crippen LogP contribution in [-0.4, -0.2) is 16.7 Å². The quantitative estimate of drug-likeness (QED) is 0.841. The van der Waals surface area contributed by atoms with Crippen molar-refractivity contribution in [3.63, 3.8) is 0 Å². The van der Waals surface area contributed by atoms with Gasteiger partial charge in [-0.1, -0.05) is 28.9 Å². The number of hydrogen-bond acceptors (Lipinski definition) is 5. The topological polar surface area (TPSA) is 77.0 Å². The van der Waals surface area contributed by atoms with Crippen molar-refractivity contribution in [3.8, 4) is 0 Å². The van der Waals surface area contributed by atoms with Crippen LogP contribution in [0.1, 0.15) is 22.6 Å². The third-order valence-electron chi connectivity index (χ3n) is 2.76. The number of hydrogen-bond donors (Lipinski definition) is 2. The Kier molecular flexibility index (Phi) is 3.94. The van der Waals surface area contributed by atoms with Crippen LogP contribution in [0.25, 0.3) is 0 Å². The van der Waals surface area contributed by atoms with E-state index >= 15 is 0 Å². The van der Waals surface area contributed by atoms with Crippen molar-refractivity contribution < 1.29 is 4.42 Å². The highest BCUT2D eigenvalue weighted by Crippen LogP contribution is 2.13. The summed E-state index contributed by atoms with van der Waals surface area (Å²) in [6, 6.07) is 6.81. The Hall–Kier alpha value is -1.88. The molecule has 1 aromatic carbocycles. The third-order valence-corrected chi connectivity index (χ3v) is 2.76. The molecular formula is C13H18N4O. The number of rotatable bonds is 5. The maximum atomic E-state index is 5.42. The molecule has 0 saturated heterocycles. The summed E-state index contributed by atoms with van der Waals surface area (Å²) in [7, 11) is 0. The largest absolute Gasteiger partial charge is 0.408 e. The summed E-state index contributed by atoms with van der Waals surface area (Å²) >= 11 is 0. The lowest BCUT2D eigenvalue weighted by atomic mass is 10.1. The van der Waals surface area contributed by atoms with Gasteiger partial charge in [-0.3, -0.25) is 0 Å². The number of nitrogens with zero attached hydrogens (tertiary/aromatic N) is 2. The van der Waals surface area contributed by atoms with Gasteiger partial charge in [0.1, 0.15) is 0 Å². The molecule has 0 amide bonds. The first-order valence-electron chi connectivity index (χ1n) is 6.01. The van der Waals surface area contributed by atoms with Crippen molar-refractivity contribution in [2.45, 2.75) is 26.8 Å². The molecule has 0 saturated carbocycles. The first-order chi connectivity index (χ1) is 8.69. The number of aromatic nitrogens is 2. The number of anilines is 1. The molecule has 0 aliphatic heterocycles. The Bertz CT molecular complexity index is 521. The van der Waals surface area contributed by atoms with Gasteiger partial charge in [0.05, 0.1) is 0 Å². The van der Waals surface area contributed by atoms with Crippen LogP contribution in [-0.2, 0) is 13.0 Å². The van der Waals surface area contributed by atoms with Gasteiger partial charge < -0.3 is 15.5 Å². The molecule has 0 bridgehead atoms. The minimum absolute atomic E-state index is 0.444. The molecule has 18 heavy (non-hydrogen) atoms. The third kappa shape index (κ3) is 3.07. The fourth-order valence-electron chi connectivity index (χ4n) is 1.71. The molecule has 0 aliphatic rings. The van der Waals surface area contributed by atoms with E-state index in [2.05, 4.69) is 47.6 Å². The second-order valence-electron chi connectivity index (χ2n) is 4.32. The van der Waals surface area contributed by atoms with Gasteiger partial charge in [-0.2, -0.15) is 0 Å². The Morgan fingerprint density at radius 3 is 2.89 bits per heavy atom. The van der Waals surface area contributed by atoms with Crippen LogP contribution >= 0.6 is 0 Å². The lowest BCUT2D eigenvalue weighted by Crippen LogP contribution is -2.02. The Morgan fingerprint density at radius 2 is 2.11 bits per heavy atom. The fraction of sp³-hybridized carbons (Fsp3) is 0.385. The maximum Gasteiger partial charge on any atom is 0.315 e. The number of nitrogens with two attached hydrogens (primary N) is 1. The van der Waals surface area contributed by atoms with Crippen molar-refractivity contribution in [3.05, 3.63) is 40.8 Å². The van der Waals surface area contributed by atoms with Gasteiger partial charge in [0.15, 0.2) is 0 Å². The van der Waals surface area contributed by atoms with Gasteiger partial charge in [-0.25, -0.2) is 0 Å². The van der Waals surface area contributed by atoms with Crippen LogP contribution in [0.3, 0.4) is 0 Å². The number of aryl methyl sites for hydroxylation is 2. The summed E-state index contributed by atoms with van der Waals surface area (Å²) in [5.74, 6) is 0.570. The standard InChI is InChI=1S/C13H18N4O/c1-9-3-4-10(2)11(7-9)8-15-13-17-16-12(18-13)5-6-14/h3-4,7H,5-6,8,14H2,1-2H3,(H,15,17). The molecule has 0 spiro atoms. The Morgan fingerprint density at radius 1 is 1.28 bits per heavy atom. The average Bonchev–Trinajstić information content (AvgIpc) is 2.79. The normalized spacial score (nSPS) is 10.6. The maximum absolute atomic E-state index is 5.42. The van der Waals surface area contributed by atoms with Crippen LogP contribution in [0.2, 0.25) is 0 Å². The van der Waals surface area contributed by atoms with Crippen LogP contribution < -0.4 is 11.1 Å². The lowest BCUT2D eigenvalue weighted by molar-refractivity contribution is 0.505. The van der Waals surface area contributed by atoms with E-state index in [0.717, 1.165) is 0 Å². The summed E-state index contributed by atoms with van der Waals surface area (Å²) in [4.78, 5) is 0. The second kappa shape index (κ2) is 5.64. The average molecular weight is 246 g/mol. The molecule has 2 aromatic rings. The van der Waals surface area contributed by atoms with Gasteiger partial charge >= 0.3 is 6.01 Å². The van der Waals surface area contributed by atoms with E-state index in [0.29, 0.717) is 31.4 Å². The first-order valence-corrected chi connectivity index (χ1v) is 6.01. The van der Waals surface area contributed by atoms with E-state index < -0.39 is 0 Å². The molecule has 5 heteroatoms. The SMILES string of the molecule is Cc1ccc(C)c(CNc2nnc(CCN)o2)c1. The van der Waals surface area contributed by atoms with Crippen molar-refractivity contribution in [1.29, 1.82) is 0 Å². The van der Waals surface area contributed by atoms with Gasteiger partial charge in [0.25, 0.3) is 0 Å². The second-order valence-corrected chi connectivity index (χ2v) is 4.32. The molecule has 1 aromatic heterocycles. The Labute approximate surface area is 106 Å². The summed E-state index contributed by atoms with van der Waals surface area (Å²) in [6.45, 7) is 5.36. The fourth-order valence-corrected chi connectivity index (χ4v) is 1.71. The molecule has 2 rings (SSSR count). The molecule has 0 radical (unpaired) electrons. The highest BCUT2D eigenvalue weighted by Gasteiger charge is 2.05. The molecule has 5 nitrogen and oxygen atoms in total. The molecule has 0 atom stereocenters. The van der Waals surface area contributed by atoms with E-state index in [1.54, 1.807) is 0 Å². The predicted molar refractivity (Wildman–Crippen MR) is 70.3 cm³/mol. The van der Waals surface area contributed by atoms with Gasteiger partial charge in [-0.15, -0.1) is 5.10 Å². The molecule has 1 heterocycles. The van der Waals surface area contributed by atoms with E-state index in [9.17, 15) is 0 Å². The minimum atomic E-state index is 0.444. The van der Waals surface area contributed by atoms with Crippen LogP contribution in [0.15, 0.2) is 22.6 Å². The van der Waals surface area contributed by atoms with E-state index in [1.807, 2.05) is 0 Å². The van der Waals surface area contributed by atoms with Crippen molar-refractivity contribution in [2.24, 2.45) is 5.73 Å². The van der Waals surface area contributed by atoms with Gasteiger partial charge in [-0.05, 0) is 25.0 Å². The summed E-state index contributed by atoms with van der Waals surface area (Å²) in [5.41, 5.74) is 9.14. The lowest BCUT2D eigenvalue weighted by Gasteiger charge is -2.06. The summed E-state index contributed by atoms with van der Waals surface area (Å²) < 4.78 is 5.40. The summed E-state index contributed by atoms with van der Waals surface area (Å²) in [5, 5.41) is 10.9. The zero-order valence-electron chi connectivity index (χ0n) is 10.7. The molecule has 0 aliphatic carbocycles. The molecule has 0 unspecified atom stereocenters. The van der Waals surface area contributed by atoms with Crippen LogP contribution in [0, 0.1) is 13.8 Å². The van der Waals surface area contributed by atoms with Crippen LogP contribution in [0.4, 0.5) is 6.01 Å². The number of nitrogens with one attached hydrogen (secondary N) is 1. The zero-order chi connectivity index (χ0) is 13.0. The zero-order valence-corrected chi connectivity index (χ0v) is 10.7. The van der Waals surface area contributed by atoms with Crippen molar-refractivity contribution >= 4 is 6.01 Å². The van der Waals surface area contributed by atoms with Gasteiger partial charge in [0.2, 0.25) is 5.89 Å². The predicted octanol–water partition coefficient (Wildman–Crippen LogP) is 1.80. The van der Waals surface area contributed by atoms with E-state index in [4.69, 9.17) is 10.2 Å². The highest BCUT2D eigenvalue weighted by molar-refractivity contribution is 5.33. The smallest absolute Gasteiger partial charge is 0.315 e. The first kappa shape index (κ1) is 12.6. The monoisotopic (exact) mass is 246 g/mol. The van der Waals surface area contributed by atoms with Gasteiger partial charge in [0, 0.05) is 19.5 Å². The molecule has 0 fully saturated rings. The van der Waals surface area contributed by atoms with E-state index in [1.165, 1.54) is 16.7 Å². The van der Waals surface area contributed by atoms with Crippen molar-refractivity contribution in [1.82, 2.24) is 10.2 Å². The molecule has 3 N–H and O–H groups in total.